The fourth-order valence-corrected chi connectivity index (χ4v) is 1.98. The van der Waals surface area contributed by atoms with Gasteiger partial charge in [-0.15, -0.1) is 0 Å². The number of amides is 2. The van der Waals surface area contributed by atoms with E-state index < -0.39 is 0 Å². The highest BCUT2D eigenvalue weighted by Crippen LogP contribution is 2.45. The summed E-state index contributed by atoms with van der Waals surface area (Å²) in [6.45, 7) is 1.20. The van der Waals surface area contributed by atoms with Gasteiger partial charge in [0.1, 0.15) is 0 Å². The lowest BCUT2D eigenvalue weighted by Gasteiger charge is -2.18. The third-order valence-corrected chi connectivity index (χ3v) is 3.23. The van der Waals surface area contributed by atoms with E-state index in [0.29, 0.717) is 13.1 Å². The molecule has 0 saturated heterocycles. The third kappa shape index (κ3) is 2.92. The molecule has 2 amide bonds. The van der Waals surface area contributed by atoms with Crippen molar-refractivity contribution in [2.45, 2.75) is 24.8 Å². The molecule has 0 bridgehead atoms. The Balaban J connectivity index is 1.92. The molecular weight excluding hydrogens is 228 g/mol. The topological polar surface area (TPSA) is 93.2 Å². The summed E-state index contributed by atoms with van der Waals surface area (Å²) in [6.07, 6.45) is 2.74. The van der Waals surface area contributed by atoms with Gasteiger partial charge < -0.3 is 22.1 Å². The second-order valence-corrected chi connectivity index (χ2v) is 4.73. The zero-order valence-corrected chi connectivity index (χ0v) is 10.4. The van der Waals surface area contributed by atoms with Crippen molar-refractivity contribution in [2.75, 3.05) is 18.8 Å². The first-order valence-electron chi connectivity index (χ1n) is 6.28. The van der Waals surface area contributed by atoms with Crippen LogP contribution in [0.15, 0.2) is 24.3 Å². The van der Waals surface area contributed by atoms with E-state index in [2.05, 4.69) is 10.6 Å². The van der Waals surface area contributed by atoms with Crippen LogP contribution in [0.4, 0.5) is 10.5 Å². The number of benzene rings is 1. The smallest absolute Gasteiger partial charge is 0.315 e. The first-order chi connectivity index (χ1) is 8.66. The second-order valence-electron chi connectivity index (χ2n) is 4.73. The van der Waals surface area contributed by atoms with Crippen molar-refractivity contribution < 1.29 is 4.79 Å². The van der Waals surface area contributed by atoms with Gasteiger partial charge in [0, 0.05) is 12.2 Å². The van der Waals surface area contributed by atoms with Gasteiger partial charge in [0.25, 0.3) is 0 Å². The summed E-state index contributed by atoms with van der Waals surface area (Å²) in [5, 5.41) is 5.84. The molecule has 0 aromatic heterocycles. The Morgan fingerprint density at radius 1 is 1.28 bits per heavy atom. The van der Waals surface area contributed by atoms with Crippen LogP contribution < -0.4 is 22.1 Å². The van der Waals surface area contributed by atoms with E-state index in [0.717, 1.165) is 30.5 Å². The average Bonchev–Trinajstić information content (AvgIpc) is 3.11. The van der Waals surface area contributed by atoms with E-state index in [4.69, 9.17) is 11.5 Å². The van der Waals surface area contributed by atoms with Gasteiger partial charge in [-0.2, -0.15) is 0 Å². The Morgan fingerprint density at radius 3 is 2.50 bits per heavy atom. The third-order valence-electron chi connectivity index (χ3n) is 3.23. The van der Waals surface area contributed by atoms with Crippen molar-refractivity contribution in [1.29, 1.82) is 0 Å². The molecule has 98 valence electrons. The van der Waals surface area contributed by atoms with Gasteiger partial charge in [0.2, 0.25) is 0 Å². The van der Waals surface area contributed by atoms with Gasteiger partial charge in [-0.1, -0.05) is 12.1 Å². The maximum Gasteiger partial charge on any atom is 0.315 e. The van der Waals surface area contributed by atoms with Crippen molar-refractivity contribution in [3.63, 3.8) is 0 Å². The SMILES string of the molecule is NCCCNC(=O)NC1(c2ccc(N)cc2)CC1. The molecule has 18 heavy (non-hydrogen) atoms. The number of urea groups is 1. The Hall–Kier alpha value is -1.75. The minimum atomic E-state index is -0.194. The highest BCUT2D eigenvalue weighted by atomic mass is 16.2. The van der Waals surface area contributed by atoms with E-state index in [1.807, 2.05) is 24.3 Å². The first kappa shape index (κ1) is 12.7. The standard InChI is InChI=1S/C13H20N4O/c14-8-1-9-16-12(18)17-13(6-7-13)10-2-4-11(15)5-3-10/h2-5H,1,6-9,14-15H2,(H2,16,17,18). The van der Waals surface area contributed by atoms with E-state index in [1.54, 1.807) is 0 Å². The van der Waals surface area contributed by atoms with Gasteiger partial charge >= 0.3 is 6.03 Å². The number of hydrogen-bond donors (Lipinski definition) is 4. The molecule has 0 radical (unpaired) electrons. The molecule has 1 aromatic rings. The number of nitrogens with one attached hydrogen (secondary N) is 2. The first-order valence-corrected chi connectivity index (χ1v) is 6.28. The monoisotopic (exact) mass is 248 g/mol. The van der Waals surface area contributed by atoms with Crippen molar-refractivity contribution in [2.24, 2.45) is 5.73 Å². The predicted molar refractivity (Wildman–Crippen MR) is 72.0 cm³/mol. The molecule has 1 aliphatic carbocycles. The lowest BCUT2D eigenvalue weighted by Crippen LogP contribution is -2.42. The van der Waals surface area contributed by atoms with Crippen molar-refractivity contribution in [3.8, 4) is 0 Å². The van der Waals surface area contributed by atoms with Gasteiger partial charge in [-0.05, 0) is 43.5 Å². The molecule has 2 rings (SSSR count). The maximum atomic E-state index is 11.7. The molecule has 0 unspecified atom stereocenters. The molecule has 0 spiro atoms. The van der Waals surface area contributed by atoms with E-state index in [1.165, 1.54) is 0 Å². The Morgan fingerprint density at radius 2 is 1.94 bits per heavy atom. The molecular formula is C13H20N4O. The Kier molecular flexibility index (Phi) is 3.72. The molecule has 1 fully saturated rings. The van der Waals surface area contributed by atoms with Gasteiger partial charge in [-0.3, -0.25) is 0 Å². The number of hydrogen-bond acceptors (Lipinski definition) is 3. The van der Waals surface area contributed by atoms with Crippen LogP contribution in [-0.2, 0) is 5.54 Å². The van der Waals surface area contributed by atoms with Gasteiger partial charge in [0.05, 0.1) is 5.54 Å². The largest absolute Gasteiger partial charge is 0.399 e. The number of anilines is 1. The molecule has 0 atom stereocenters. The van der Waals surface area contributed by atoms with Crippen LogP contribution in [0.2, 0.25) is 0 Å². The van der Waals surface area contributed by atoms with E-state index in [9.17, 15) is 4.79 Å². The molecule has 6 N–H and O–H groups in total. The lowest BCUT2D eigenvalue weighted by atomic mass is 10.0. The molecule has 0 aliphatic heterocycles. The van der Waals surface area contributed by atoms with Crippen LogP contribution in [0, 0.1) is 0 Å². The van der Waals surface area contributed by atoms with Crippen molar-refractivity contribution in [3.05, 3.63) is 29.8 Å². The number of rotatable bonds is 5. The van der Waals surface area contributed by atoms with E-state index in [-0.39, 0.29) is 11.6 Å². The maximum absolute atomic E-state index is 11.7. The van der Waals surface area contributed by atoms with Crippen LogP contribution in [-0.4, -0.2) is 19.1 Å². The predicted octanol–water partition coefficient (Wildman–Crippen LogP) is 0.906. The number of nitrogen functional groups attached to an aromatic ring is 1. The zero-order chi connectivity index (χ0) is 13.0. The van der Waals surface area contributed by atoms with Gasteiger partial charge in [-0.25, -0.2) is 4.79 Å². The molecule has 1 aromatic carbocycles. The van der Waals surface area contributed by atoms with Crippen molar-refractivity contribution in [1.82, 2.24) is 10.6 Å². The lowest BCUT2D eigenvalue weighted by molar-refractivity contribution is 0.235. The minimum absolute atomic E-state index is 0.127. The van der Waals surface area contributed by atoms with Crippen LogP contribution in [0.1, 0.15) is 24.8 Å². The fourth-order valence-electron chi connectivity index (χ4n) is 1.98. The van der Waals surface area contributed by atoms with Crippen LogP contribution >= 0.6 is 0 Å². The second kappa shape index (κ2) is 5.27. The summed E-state index contributed by atoms with van der Waals surface area (Å²) in [6, 6.07) is 7.55. The number of nitrogens with two attached hydrogens (primary N) is 2. The van der Waals surface area contributed by atoms with Crippen molar-refractivity contribution >= 4 is 11.7 Å². The average molecular weight is 248 g/mol. The molecule has 5 nitrogen and oxygen atoms in total. The van der Waals surface area contributed by atoms with Gasteiger partial charge in [0.15, 0.2) is 0 Å². The van der Waals surface area contributed by atoms with Crippen LogP contribution in [0.3, 0.4) is 0 Å². The summed E-state index contributed by atoms with van der Waals surface area (Å²) in [7, 11) is 0. The summed E-state index contributed by atoms with van der Waals surface area (Å²) >= 11 is 0. The Labute approximate surface area is 107 Å². The minimum Gasteiger partial charge on any atom is -0.399 e. The fraction of sp³-hybridized carbons (Fsp3) is 0.462. The normalized spacial score (nSPS) is 16.1. The van der Waals surface area contributed by atoms with Crippen LogP contribution in [0.25, 0.3) is 0 Å². The molecule has 1 aliphatic rings. The Bertz CT molecular complexity index is 412. The number of carbonyl (C=O) groups is 1. The molecule has 1 saturated carbocycles. The highest BCUT2D eigenvalue weighted by Gasteiger charge is 2.45. The summed E-state index contributed by atoms with van der Waals surface area (Å²) in [5.41, 5.74) is 12.7. The van der Waals surface area contributed by atoms with Crippen LogP contribution in [0.5, 0.6) is 0 Å². The highest BCUT2D eigenvalue weighted by molar-refractivity contribution is 5.75. The zero-order valence-electron chi connectivity index (χ0n) is 10.4. The summed E-state index contributed by atoms with van der Waals surface area (Å²) in [5.74, 6) is 0. The summed E-state index contributed by atoms with van der Waals surface area (Å²) < 4.78 is 0. The van der Waals surface area contributed by atoms with E-state index >= 15 is 0 Å². The molecule has 0 heterocycles. The number of carbonyl (C=O) groups excluding carboxylic acids is 1. The quantitative estimate of drug-likeness (QED) is 0.461. The molecule has 5 heteroatoms. The summed E-state index contributed by atoms with van der Waals surface area (Å²) in [4.78, 5) is 11.7.